The third-order valence-corrected chi connectivity index (χ3v) is 2.86. The minimum Gasteiger partial charge on any atom is -0.462 e. The average Bonchev–Trinajstić information content (AvgIpc) is 2.30. The highest BCUT2D eigenvalue weighted by Gasteiger charge is 2.18. The molecule has 19 heavy (non-hydrogen) atoms. The van der Waals surface area contributed by atoms with Gasteiger partial charge in [-0.25, -0.2) is 0 Å². The predicted molar refractivity (Wildman–Crippen MR) is 83.3 cm³/mol. The Hall–Kier alpha value is -1.76. The summed E-state index contributed by atoms with van der Waals surface area (Å²) in [6, 6.07) is 8.05. The number of hydrogen-bond acceptors (Lipinski definition) is 1. The molecule has 102 valence electrons. The van der Waals surface area contributed by atoms with Crippen molar-refractivity contribution in [2.24, 2.45) is 5.41 Å². The van der Waals surface area contributed by atoms with Crippen LogP contribution in [-0.2, 0) is 6.42 Å². The van der Waals surface area contributed by atoms with E-state index >= 15 is 0 Å². The lowest BCUT2D eigenvalue weighted by atomic mass is 9.94. The van der Waals surface area contributed by atoms with E-state index in [4.69, 9.17) is 4.74 Å². The van der Waals surface area contributed by atoms with Crippen LogP contribution in [0.4, 0.5) is 0 Å². The maximum absolute atomic E-state index is 5.93. The number of hydrogen-bond donors (Lipinski definition) is 0. The molecule has 0 saturated carbocycles. The highest BCUT2D eigenvalue weighted by atomic mass is 16.5. The lowest BCUT2D eigenvalue weighted by Crippen LogP contribution is -2.14. The highest BCUT2D eigenvalue weighted by Crippen LogP contribution is 2.29. The standard InChI is InChI=1S/C18H24O/c1-7-10-14(2)13-16-11-8-9-12-17(16)19-15(3)18(4,5)6/h7-12H,2-3,13H2,1,4-6H3/b10-7-. The molecule has 0 aliphatic heterocycles. The lowest BCUT2D eigenvalue weighted by Gasteiger charge is -2.23. The molecule has 0 aliphatic rings. The molecule has 0 fully saturated rings. The smallest absolute Gasteiger partial charge is 0.130 e. The third-order valence-electron chi connectivity index (χ3n) is 2.86. The molecule has 1 rings (SSSR count). The topological polar surface area (TPSA) is 9.23 Å². The summed E-state index contributed by atoms with van der Waals surface area (Å²) < 4.78 is 5.93. The molecule has 1 heteroatoms. The van der Waals surface area contributed by atoms with Crippen LogP contribution in [-0.4, -0.2) is 0 Å². The van der Waals surface area contributed by atoms with Crippen LogP contribution < -0.4 is 4.74 Å². The summed E-state index contributed by atoms with van der Waals surface area (Å²) >= 11 is 0. The molecule has 1 nitrogen and oxygen atoms in total. The van der Waals surface area contributed by atoms with Crippen molar-refractivity contribution >= 4 is 0 Å². The first kappa shape index (κ1) is 15.3. The van der Waals surface area contributed by atoms with E-state index in [-0.39, 0.29) is 5.41 Å². The first-order chi connectivity index (χ1) is 8.84. The molecule has 0 saturated heterocycles. The second-order valence-corrected chi connectivity index (χ2v) is 5.72. The molecular formula is C18H24O. The van der Waals surface area contributed by atoms with Crippen LogP contribution in [0.1, 0.15) is 33.3 Å². The van der Waals surface area contributed by atoms with Crippen LogP contribution in [0.2, 0.25) is 0 Å². The summed E-state index contributed by atoms with van der Waals surface area (Å²) in [5.74, 6) is 1.64. The van der Waals surface area contributed by atoms with Gasteiger partial charge in [0.1, 0.15) is 11.5 Å². The average molecular weight is 256 g/mol. The molecule has 0 N–H and O–H groups in total. The van der Waals surface area contributed by atoms with Gasteiger partial charge in [0.25, 0.3) is 0 Å². The molecule has 0 amide bonds. The quantitative estimate of drug-likeness (QED) is 0.513. The van der Waals surface area contributed by atoms with E-state index in [0.29, 0.717) is 0 Å². The van der Waals surface area contributed by atoms with Crippen molar-refractivity contribution in [2.75, 3.05) is 0 Å². The number of para-hydroxylation sites is 1. The number of rotatable bonds is 5. The highest BCUT2D eigenvalue weighted by molar-refractivity contribution is 5.39. The van der Waals surface area contributed by atoms with Crippen LogP contribution in [0, 0.1) is 5.41 Å². The maximum Gasteiger partial charge on any atom is 0.130 e. The lowest BCUT2D eigenvalue weighted by molar-refractivity contribution is 0.294. The van der Waals surface area contributed by atoms with Crippen LogP contribution in [0.15, 0.2) is 60.9 Å². The van der Waals surface area contributed by atoms with E-state index in [9.17, 15) is 0 Å². The summed E-state index contributed by atoms with van der Waals surface area (Å²) in [5.41, 5.74) is 2.14. The first-order valence-corrected chi connectivity index (χ1v) is 6.60. The van der Waals surface area contributed by atoms with E-state index in [1.54, 1.807) is 0 Å². The fraction of sp³-hybridized carbons (Fsp3) is 0.333. The molecule has 0 unspecified atom stereocenters. The summed E-state index contributed by atoms with van der Waals surface area (Å²) in [6.07, 6.45) is 4.81. The number of ether oxygens (including phenoxy) is 1. The van der Waals surface area contributed by atoms with Gasteiger partial charge in [-0.15, -0.1) is 0 Å². The van der Waals surface area contributed by atoms with E-state index in [1.807, 2.05) is 37.3 Å². The molecular weight excluding hydrogens is 232 g/mol. The number of benzene rings is 1. The van der Waals surface area contributed by atoms with Crippen molar-refractivity contribution in [3.05, 3.63) is 66.5 Å². The molecule has 0 aromatic heterocycles. The Morgan fingerprint density at radius 1 is 1.21 bits per heavy atom. The van der Waals surface area contributed by atoms with Gasteiger partial charge in [-0.1, -0.05) is 69.9 Å². The van der Waals surface area contributed by atoms with Gasteiger partial charge in [-0.2, -0.15) is 0 Å². The Morgan fingerprint density at radius 3 is 2.42 bits per heavy atom. The molecule has 0 spiro atoms. The molecule has 1 aromatic carbocycles. The third kappa shape index (κ3) is 4.78. The monoisotopic (exact) mass is 256 g/mol. The van der Waals surface area contributed by atoms with E-state index in [2.05, 4.69) is 40.0 Å². The molecule has 0 heterocycles. The van der Waals surface area contributed by atoms with Crippen LogP contribution >= 0.6 is 0 Å². The van der Waals surface area contributed by atoms with Gasteiger partial charge in [-0.05, 0) is 18.6 Å². The van der Waals surface area contributed by atoms with E-state index < -0.39 is 0 Å². The van der Waals surface area contributed by atoms with Gasteiger partial charge in [0.05, 0.1) is 0 Å². The zero-order valence-corrected chi connectivity index (χ0v) is 12.5. The van der Waals surface area contributed by atoms with Gasteiger partial charge < -0.3 is 4.74 Å². The zero-order valence-electron chi connectivity index (χ0n) is 12.5. The van der Waals surface area contributed by atoms with Gasteiger partial charge >= 0.3 is 0 Å². The predicted octanol–water partition coefficient (Wildman–Crippen LogP) is 5.30. The fourth-order valence-electron chi connectivity index (χ4n) is 1.57. The Morgan fingerprint density at radius 2 is 1.84 bits per heavy atom. The van der Waals surface area contributed by atoms with Gasteiger partial charge in [0.15, 0.2) is 0 Å². The normalized spacial score (nSPS) is 11.6. The van der Waals surface area contributed by atoms with E-state index in [1.165, 1.54) is 0 Å². The maximum atomic E-state index is 5.93. The van der Waals surface area contributed by atoms with Crippen molar-refractivity contribution in [1.82, 2.24) is 0 Å². The minimum absolute atomic E-state index is 0.0621. The Balaban J connectivity index is 2.90. The summed E-state index contributed by atoms with van der Waals surface area (Å²) in [7, 11) is 0. The molecule has 0 atom stereocenters. The van der Waals surface area contributed by atoms with Gasteiger partial charge in [-0.3, -0.25) is 0 Å². The first-order valence-electron chi connectivity index (χ1n) is 6.60. The Labute approximate surface area is 117 Å². The number of allylic oxidation sites excluding steroid dienone is 4. The van der Waals surface area contributed by atoms with E-state index in [0.717, 1.165) is 29.1 Å². The zero-order chi connectivity index (χ0) is 14.5. The second-order valence-electron chi connectivity index (χ2n) is 5.72. The molecule has 0 aliphatic carbocycles. The van der Waals surface area contributed by atoms with Crippen molar-refractivity contribution in [3.8, 4) is 5.75 Å². The Kier molecular flexibility index (Phi) is 5.17. The van der Waals surface area contributed by atoms with Crippen LogP contribution in [0.3, 0.4) is 0 Å². The molecule has 1 aromatic rings. The second kappa shape index (κ2) is 6.42. The minimum atomic E-state index is -0.0621. The fourth-order valence-corrected chi connectivity index (χ4v) is 1.57. The van der Waals surface area contributed by atoms with Crippen LogP contribution in [0.25, 0.3) is 0 Å². The van der Waals surface area contributed by atoms with Gasteiger partial charge in [0.2, 0.25) is 0 Å². The molecule has 0 bridgehead atoms. The largest absolute Gasteiger partial charge is 0.462 e. The van der Waals surface area contributed by atoms with Crippen LogP contribution in [0.5, 0.6) is 5.75 Å². The molecule has 0 radical (unpaired) electrons. The SMILES string of the molecule is C=C(/C=C\C)Cc1ccccc1OC(=C)C(C)(C)C. The summed E-state index contributed by atoms with van der Waals surface area (Å²) in [5, 5.41) is 0. The van der Waals surface area contributed by atoms with Gasteiger partial charge in [0, 0.05) is 11.8 Å². The van der Waals surface area contributed by atoms with Crippen molar-refractivity contribution < 1.29 is 4.74 Å². The Bertz CT molecular complexity index is 487. The summed E-state index contributed by atoms with van der Waals surface area (Å²) in [4.78, 5) is 0. The van der Waals surface area contributed by atoms with Crippen molar-refractivity contribution in [2.45, 2.75) is 34.1 Å². The van der Waals surface area contributed by atoms with Crippen molar-refractivity contribution in [3.63, 3.8) is 0 Å². The van der Waals surface area contributed by atoms with Crippen molar-refractivity contribution in [1.29, 1.82) is 0 Å². The summed E-state index contributed by atoms with van der Waals surface area (Å²) in [6.45, 7) is 16.3.